The van der Waals surface area contributed by atoms with Gasteiger partial charge in [-0.2, -0.15) is 0 Å². The number of benzene rings is 1. The van der Waals surface area contributed by atoms with Gasteiger partial charge >= 0.3 is 5.97 Å². The zero-order valence-electron chi connectivity index (χ0n) is 12.6. The first kappa shape index (κ1) is 14.9. The van der Waals surface area contributed by atoms with Gasteiger partial charge in [0.2, 0.25) is 0 Å². The smallest absolute Gasteiger partial charge is 0.342 e. The molecule has 1 N–H and O–H groups in total. The minimum Gasteiger partial charge on any atom is -0.507 e. The van der Waals surface area contributed by atoms with Crippen molar-refractivity contribution < 1.29 is 14.6 Å². The zero-order chi connectivity index (χ0) is 14.8. The fourth-order valence-electron chi connectivity index (χ4n) is 2.94. The van der Waals surface area contributed by atoms with E-state index in [9.17, 15) is 9.90 Å². The number of aromatic hydroxyl groups is 1. The predicted molar refractivity (Wildman–Crippen MR) is 78.7 cm³/mol. The molecule has 0 bridgehead atoms. The Bertz CT molecular complexity index is 471. The van der Waals surface area contributed by atoms with Gasteiger partial charge in [0, 0.05) is 0 Å². The average Bonchev–Trinajstić information content (AvgIpc) is 2.39. The second-order valence-corrected chi connectivity index (χ2v) is 6.44. The van der Waals surface area contributed by atoms with Gasteiger partial charge in [0.25, 0.3) is 0 Å². The number of hydrogen-bond donors (Lipinski definition) is 1. The van der Waals surface area contributed by atoms with Crippen molar-refractivity contribution in [3.8, 4) is 5.75 Å². The van der Waals surface area contributed by atoms with Crippen molar-refractivity contribution >= 4 is 5.97 Å². The normalized spacial score (nSPS) is 26.5. The van der Waals surface area contributed by atoms with Crippen molar-refractivity contribution in [2.45, 2.75) is 52.1 Å². The molecule has 2 rings (SSSR count). The van der Waals surface area contributed by atoms with Crippen LogP contribution in [0.2, 0.25) is 0 Å². The van der Waals surface area contributed by atoms with Crippen molar-refractivity contribution in [2.24, 2.45) is 11.8 Å². The van der Waals surface area contributed by atoms with Crippen molar-refractivity contribution in [1.29, 1.82) is 0 Å². The van der Waals surface area contributed by atoms with Crippen molar-refractivity contribution in [3.63, 3.8) is 0 Å². The van der Waals surface area contributed by atoms with Crippen LogP contribution in [-0.4, -0.2) is 16.7 Å². The molecule has 1 saturated carbocycles. The Hall–Kier alpha value is -1.51. The second kappa shape index (κ2) is 5.86. The first-order valence-electron chi connectivity index (χ1n) is 7.42. The molecule has 0 radical (unpaired) electrons. The van der Waals surface area contributed by atoms with E-state index in [-0.39, 0.29) is 11.3 Å². The molecular weight excluding hydrogens is 252 g/mol. The van der Waals surface area contributed by atoms with Gasteiger partial charge in [0.1, 0.15) is 16.9 Å². The predicted octanol–water partition coefficient (Wildman–Crippen LogP) is 4.15. The van der Waals surface area contributed by atoms with Crippen LogP contribution in [-0.2, 0) is 4.74 Å². The molecule has 1 aromatic carbocycles. The average molecular weight is 276 g/mol. The lowest BCUT2D eigenvalue weighted by molar-refractivity contribution is -0.0373. The number of phenolic OH excluding ortho intramolecular Hbond substituents is 1. The summed E-state index contributed by atoms with van der Waals surface area (Å²) in [6.45, 7) is 6.50. The zero-order valence-corrected chi connectivity index (χ0v) is 12.6. The van der Waals surface area contributed by atoms with Crippen LogP contribution >= 0.6 is 0 Å². The van der Waals surface area contributed by atoms with Crippen molar-refractivity contribution in [3.05, 3.63) is 29.8 Å². The van der Waals surface area contributed by atoms with Crippen LogP contribution < -0.4 is 0 Å². The molecule has 1 fully saturated rings. The molecule has 0 aromatic heterocycles. The maximum absolute atomic E-state index is 12.2. The lowest BCUT2D eigenvalue weighted by atomic mass is 9.75. The molecule has 1 aliphatic carbocycles. The van der Waals surface area contributed by atoms with E-state index in [2.05, 4.69) is 13.8 Å². The molecule has 110 valence electrons. The highest BCUT2D eigenvalue weighted by molar-refractivity contribution is 5.92. The molecule has 3 nitrogen and oxygen atoms in total. The van der Waals surface area contributed by atoms with E-state index in [0.29, 0.717) is 5.92 Å². The topological polar surface area (TPSA) is 46.5 Å². The van der Waals surface area contributed by atoms with E-state index in [4.69, 9.17) is 4.74 Å². The molecule has 0 heterocycles. The highest BCUT2D eigenvalue weighted by atomic mass is 16.6. The maximum atomic E-state index is 12.2. The van der Waals surface area contributed by atoms with Gasteiger partial charge in [-0.1, -0.05) is 26.0 Å². The van der Waals surface area contributed by atoms with Crippen LogP contribution in [0.25, 0.3) is 0 Å². The van der Waals surface area contributed by atoms with Crippen molar-refractivity contribution in [1.82, 2.24) is 0 Å². The summed E-state index contributed by atoms with van der Waals surface area (Å²) >= 11 is 0. The highest BCUT2D eigenvalue weighted by Crippen LogP contribution is 2.38. The van der Waals surface area contributed by atoms with Gasteiger partial charge in [-0.3, -0.25) is 0 Å². The largest absolute Gasteiger partial charge is 0.507 e. The summed E-state index contributed by atoms with van der Waals surface area (Å²) in [7, 11) is 0. The standard InChI is InChI=1S/C17H24O3/c1-12(2)13-8-10-17(3,11-9-13)20-16(19)14-6-4-5-7-15(14)18/h4-7,12-13,18H,8-11H2,1-3H3. The Labute approximate surface area is 121 Å². The summed E-state index contributed by atoms with van der Waals surface area (Å²) in [5.41, 5.74) is -0.148. The van der Waals surface area contributed by atoms with Gasteiger partial charge in [0.05, 0.1) is 0 Å². The molecule has 0 atom stereocenters. The number of carbonyl (C=O) groups is 1. The summed E-state index contributed by atoms with van der Waals surface area (Å²) in [6.07, 6.45) is 3.99. The summed E-state index contributed by atoms with van der Waals surface area (Å²) in [4.78, 5) is 12.2. The summed E-state index contributed by atoms with van der Waals surface area (Å²) in [6, 6.07) is 6.53. The molecule has 3 heteroatoms. The maximum Gasteiger partial charge on any atom is 0.342 e. The number of para-hydroxylation sites is 1. The lowest BCUT2D eigenvalue weighted by Crippen LogP contribution is -2.37. The Balaban J connectivity index is 2.00. The van der Waals surface area contributed by atoms with Gasteiger partial charge in [-0.15, -0.1) is 0 Å². The molecule has 0 aliphatic heterocycles. The summed E-state index contributed by atoms with van der Waals surface area (Å²) < 4.78 is 5.67. The van der Waals surface area contributed by atoms with E-state index < -0.39 is 11.6 Å². The molecule has 0 saturated heterocycles. The quantitative estimate of drug-likeness (QED) is 0.843. The monoisotopic (exact) mass is 276 g/mol. The second-order valence-electron chi connectivity index (χ2n) is 6.44. The Morgan fingerprint density at radius 3 is 2.45 bits per heavy atom. The minimum absolute atomic E-state index is 0.0167. The fraction of sp³-hybridized carbons (Fsp3) is 0.588. The van der Waals surface area contributed by atoms with Crippen LogP contribution in [0.15, 0.2) is 24.3 Å². The molecule has 1 aliphatic rings. The van der Waals surface area contributed by atoms with E-state index in [0.717, 1.165) is 31.6 Å². The Morgan fingerprint density at radius 2 is 1.90 bits per heavy atom. The molecule has 1 aromatic rings. The van der Waals surface area contributed by atoms with Crippen LogP contribution in [0.1, 0.15) is 56.8 Å². The third-order valence-electron chi connectivity index (χ3n) is 4.49. The van der Waals surface area contributed by atoms with Crippen LogP contribution in [0.4, 0.5) is 0 Å². The number of esters is 1. The number of rotatable bonds is 3. The van der Waals surface area contributed by atoms with Gasteiger partial charge in [-0.25, -0.2) is 4.79 Å². The Kier molecular flexibility index (Phi) is 4.36. The lowest BCUT2D eigenvalue weighted by Gasteiger charge is -2.38. The molecule has 0 amide bonds. The summed E-state index contributed by atoms with van der Waals surface area (Å²) in [5.74, 6) is 0.978. The highest BCUT2D eigenvalue weighted by Gasteiger charge is 2.35. The molecule has 0 spiro atoms. The number of phenols is 1. The van der Waals surface area contributed by atoms with Gasteiger partial charge < -0.3 is 9.84 Å². The van der Waals surface area contributed by atoms with Crippen LogP contribution in [0.5, 0.6) is 5.75 Å². The number of hydrogen-bond acceptors (Lipinski definition) is 3. The molecular formula is C17H24O3. The molecule has 0 unspecified atom stereocenters. The first-order valence-corrected chi connectivity index (χ1v) is 7.42. The van der Waals surface area contributed by atoms with Crippen LogP contribution in [0.3, 0.4) is 0 Å². The summed E-state index contributed by atoms with van der Waals surface area (Å²) in [5, 5.41) is 9.71. The van der Waals surface area contributed by atoms with Gasteiger partial charge in [0.15, 0.2) is 0 Å². The number of carbonyl (C=O) groups excluding carboxylic acids is 1. The van der Waals surface area contributed by atoms with Crippen LogP contribution in [0, 0.1) is 11.8 Å². The third kappa shape index (κ3) is 3.33. The fourth-order valence-corrected chi connectivity index (χ4v) is 2.94. The third-order valence-corrected chi connectivity index (χ3v) is 4.49. The van der Waals surface area contributed by atoms with E-state index in [1.807, 2.05) is 6.92 Å². The van der Waals surface area contributed by atoms with E-state index in [1.54, 1.807) is 18.2 Å². The van der Waals surface area contributed by atoms with Gasteiger partial charge in [-0.05, 0) is 56.6 Å². The first-order chi connectivity index (χ1) is 9.41. The Morgan fingerprint density at radius 1 is 1.30 bits per heavy atom. The number of ether oxygens (including phenoxy) is 1. The minimum atomic E-state index is -0.423. The van der Waals surface area contributed by atoms with Crippen molar-refractivity contribution in [2.75, 3.05) is 0 Å². The molecule has 20 heavy (non-hydrogen) atoms. The van der Waals surface area contributed by atoms with E-state index in [1.165, 1.54) is 6.07 Å². The van der Waals surface area contributed by atoms with E-state index >= 15 is 0 Å². The SMILES string of the molecule is CC(C)C1CCC(C)(OC(=O)c2ccccc2O)CC1.